The molecule has 1 fully saturated rings. The van der Waals surface area contributed by atoms with E-state index in [0.717, 1.165) is 30.9 Å². The summed E-state index contributed by atoms with van der Waals surface area (Å²) in [5, 5.41) is 0.759. The SMILES string of the molecule is CC(C)(C)C1CCOC(CCc2ccc(Cl)cc2)(Cn2ccnc2)O1. The van der Waals surface area contributed by atoms with Crippen molar-refractivity contribution < 1.29 is 9.47 Å². The second-order valence-corrected chi connectivity index (χ2v) is 8.32. The second kappa shape index (κ2) is 7.48. The summed E-state index contributed by atoms with van der Waals surface area (Å²) in [4.78, 5) is 4.15. The molecule has 1 saturated heterocycles. The Bertz CT molecular complexity index is 664. The number of hydrogen-bond acceptors (Lipinski definition) is 3. The predicted octanol–water partition coefficient (Wildman–Crippen LogP) is 4.72. The standard InChI is InChI=1S/C20H27ClN2O2/c1-19(2,3)18-9-13-24-20(25-18,14-23-12-11-22-15-23)10-8-16-4-6-17(21)7-5-16/h4-7,11-12,15,18H,8-10,13-14H2,1-3H3. The fourth-order valence-electron chi connectivity index (χ4n) is 3.25. The number of hydrogen-bond donors (Lipinski definition) is 0. The van der Waals surface area contributed by atoms with Crippen LogP contribution >= 0.6 is 11.6 Å². The van der Waals surface area contributed by atoms with E-state index in [2.05, 4.69) is 37.9 Å². The fraction of sp³-hybridized carbons (Fsp3) is 0.550. The fourth-order valence-corrected chi connectivity index (χ4v) is 3.38. The molecular formula is C20H27ClN2O2. The molecule has 2 aromatic rings. The van der Waals surface area contributed by atoms with Crippen molar-refractivity contribution in [3.05, 3.63) is 53.6 Å². The Balaban J connectivity index is 1.77. The van der Waals surface area contributed by atoms with Gasteiger partial charge in [-0.3, -0.25) is 0 Å². The van der Waals surface area contributed by atoms with E-state index >= 15 is 0 Å². The Morgan fingerprint density at radius 1 is 1.28 bits per heavy atom. The highest BCUT2D eigenvalue weighted by Gasteiger charge is 2.42. The van der Waals surface area contributed by atoms with E-state index in [1.54, 1.807) is 6.20 Å². The molecule has 0 N–H and O–H groups in total. The highest BCUT2D eigenvalue weighted by atomic mass is 35.5. The van der Waals surface area contributed by atoms with E-state index in [9.17, 15) is 0 Å². The molecule has 0 aliphatic carbocycles. The third-order valence-corrected chi connectivity index (χ3v) is 5.01. The summed E-state index contributed by atoms with van der Waals surface area (Å²) in [5.74, 6) is -0.628. The monoisotopic (exact) mass is 362 g/mol. The van der Waals surface area contributed by atoms with Gasteiger partial charge >= 0.3 is 0 Å². The summed E-state index contributed by atoms with van der Waals surface area (Å²) >= 11 is 5.99. The summed E-state index contributed by atoms with van der Waals surface area (Å²) in [7, 11) is 0. The Morgan fingerprint density at radius 3 is 2.68 bits per heavy atom. The van der Waals surface area contributed by atoms with E-state index < -0.39 is 5.79 Å². The third kappa shape index (κ3) is 4.84. The van der Waals surface area contributed by atoms with Crippen LogP contribution in [0.3, 0.4) is 0 Å². The van der Waals surface area contributed by atoms with Gasteiger partial charge in [0.05, 0.1) is 25.6 Å². The first-order chi connectivity index (χ1) is 11.9. The van der Waals surface area contributed by atoms with Crippen LogP contribution in [0.5, 0.6) is 0 Å². The van der Waals surface area contributed by atoms with E-state index in [-0.39, 0.29) is 11.5 Å². The number of imidazole rings is 1. The van der Waals surface area contributed by atoms with Gasteiger partial charge in [-0.1, -0.05) is 44.5 Å². The molecule has 3 rings (SSSR count). The molecule has 136 valence electrons. The van der Waals surface area contributed by atoms with Crippen LogP contribution < -0.4 is 0 Å². The third-order valence-electron chi connectivity index (χ3n) is 4.76. The molecule has 1 aliphatic rings. The van der Waals surface area contributed by atoms with Crippen LogP contribution in [0.1, 0.15) is 39.2 Å². The highest BCUT2D eigenvalue weighted by molar-refractivity contribution is 6.30. The van der Waals surface area contributed by atoms with Gasteiger partial charge in [0, 0.05) is 23.8 Å². The molecular weight excluding hydrogens is 336 g/mol. The molecule has 25 heavy (non-hydrogen) atoms. The Hall–Kier alpha value is -1.36. The summed E-state index contributed by atoms with van der Waals surface area (Å²) in [6, 6.07) is 7.99. The van der Waals surface area contributed by atoms with Crippen LogP contribution in [0.2, 0.25) is 5.02 Å². The van der Waals surface area contributed by atoms with Gasteiger partial charge in [-0.2, -0.15) is 0 Å². The van der Waals surface area contributed by atoms with E-state index in [4.69, 9.17) is 21.1 Å². The Kier molecular flexibility index (Phi) is 5.52. The van der Waals surface area contributed by atoms with Crippen molar-refractivity contribution in [2.24, 2.45) is 5.41 Å². The minimum absolute atomic E-state index is 0.0875. The number of halogens is 1. The lowest BCUT2D eigenvalue weighted by molar-refractivity contribution is -0.317. The van der Waals surface area contributed by atoms with Crippen molar-refractivity contribution in [2.45, 2.75) is 58.5 Å². The Morgan fingerprint density at radius 2 is 2.04 bits per heavy atom. The molecule has 5 heteroatoms. The summed E-state index contributed by atoms with van der Waals surface area (Å²) in [6.45, 7) is 8.04. The normalized spacial score (nSPS) is 24.4. The molecule has 0 amide bonds. The van der Waals surface area contributed by atoms with Crippen molar-refractivity contribution in [3.63, 3.8) is 0 Å². The van der Waals surface area contributed by atoms with Crippen LogP contribution in [0.15, 0.2) is 43.0 Å². The minimum Gasteiger partial charge on any atom is -0.348 e. The van der Waals surface area contributed by atoms with Crippen LogP contribution in [0, 0.1) is 5.41 Å². The first kappa shape index (κ1) is 18.4. The number of benzene rings is 1. The zero-order chi connectivity index (χ0) is 17.9. The number of aryl methyl sites for hydroxylation is 1. The lowest BCUT2D eigenvalue weighted by atomic mass is 9.86. The van der Waals surface area contributed by atoms with Gasteiger partial charge < -0.3 is 14.0 Å². The van der Waals surface area contributed by atoms with E-state index in [1.807, 2.05) is 29.2 Å². The molecule has 0 spiro atoms. The van der Waals surface area contributed by atoms with Crippen LogP contribution in [0.25, 0.3) is 0 Å². The molecule has 2 atom stereocenters. The van der Waals surface area contributed by atoms with Crippen molar-refractivity contribution in [1.29, 1.82) is 0 Å². The van der Waals surface area contributed by atoms with Gasteiger partial charge in [0.1, 0.15) is 0 Å². The van der Waals surface area contributed by atoms with Crippen molar-refractivity contribution >= 4 is 11.6 Å². The van der Waals surface area contributed by atoms with Crippen LogP contribution in [0.4, 0.5) is 0 Å². The molecule has 0 radical (unpaired) electrons. The molecule has 1 aromatic carbocycles. The molecule has 0 saturated carbocycles. The molecule has 4 nitrogen and oxygen atoms in total. The first-order valence-corrected chi connectivity index (χ1v) is 9.26. The maximum atomic E-state index is 6.56. The van der Waals surface area contributed by atoms with Crippen LogP contribution in [-0.2, 0) is 22.4 Å². The number of ether oxygens (including phenoxy) is 2. The van der Waals surface area contributed by atoms with Gasteiger partial charge in [0.25, 0.3) is 0 Å². The zero-order valence-corrected chi connectivity index (χ0v) is 16.0. The van der Waals surface area contributed by atoms with Gasteiger partial charge in [-0.15, -0.1) is 0 Å². The molecule has 1 aromatic heterocycles. The lowest BCUT2D eigenvalue weighted by Gasteiger charge is -2.45. The quantitative estimate of drug-likeness (QED) is 0.772. The average Bonchev–Trinajstić information content (AvgIpc) is 3.07. The summed E-state index contributed by atoms with van der Waals surface area (Å²) < 4.78 is 14.8. The summed E-state index contributed by atoms with van der Waals surface area (Å²) in [6.07, 6.45) is 8.33. The molecule has 2 heterocycles. The highest BCUT2D eigenvalue weighted by Crippen LogP contribution is 2.37. The maximum absolute atomic E-state index is 6.56. The minimum atomic E-state index is -0.628. The van der Waals surface area contributed by atoms with Crippen molar-refractivity contribution in [1.82, 2.24) is 9.55 Å². The Labute approximate surface area is 155 Å². The topological polar surface area (TPSA) is 36.3 Å². The number of aromatic nitrogens is 2. The zero-order valence-electron chi connectivity index (χ0n) is 15.2. The number of nitrogens with zero attached hydrogens (tertiary/aromatic N) is 2. The van der Waals surface area contributed by atoms with Gasteiger partial charge in [-0.05, 0) is 36.0 Å². The average molecular weight is 363 g/mol. The maximum Gasteiger partial charge on any atom is 0.186 e. The lowest BCUT2D eigenvalue weighted by Crippen LogP contribution is -2.51. The van der Waals surface area contributed by atoms with Gasteiger partial charge in [0.15, 0.2) is 5.79 Å². The molecule has 2 unspecified atom stereocenters. The van der Waals surface area contributed by atoms with Crippen molar-refractivity contribution in [3.8, 4) is 0 Å². The van der Waals surface area contributed by atoms with Crippen LogP contribution in [-0.4, -0.2) is 28.0 Å². The number of rotatable bonds is 5. The van der Waals surface area contributed by atoms with Crippen molar-refractivity contribution in [2.75, 3.05) is 6.61 Å². The van der Waals surface area contributed by atoms with Gasteiger partial charge in [0.2, 0.25) is 0 Å². The second-order valence-electron chi connectivity index (χ2n) is 7.88. The van der Waals surface area contributed by atoms with Gasteiger partial charge in [-0.25, -0.2) is 4.98 Å². The molecule has 1 aliphatic heterocycles. The smallest absolute Gasteiger partial charge is 0.186 e. The largest absolute Gasteiger partial charge is 0.348 e. The summed E-state index contributed by atoms with van der Waals surface area (Å²) in [5.41, 5.74) is 1.32. The molecule has 0 bridgehead atoms. The van der Waals surface area contributed by atoms with E-state index in [0.29, 0.717) is 6.54 Å². The van der Waals surface area contributed by atoms with E-state index in [1.165, 1.54) is 5.56 Å². The first-order valence-electron chi connectivity index (χ1n) is 8.88. The predicted molar refractivity (Wildman–Crippen MR) is 99.6 cm³/mol.